The van der Waals surface area contributed by atoms with Crippen molar-refractivity contribution in [3.63, 3.8) is 0 Å². The summed E-state index contributed by atoms with van der Waals surface area (Å²) in [4.78, 5) is 28.2. The summed E-state index contributed by atoms with van der Waals surface area (Å²) >= 11 is 0. The minimum Gasteiger partial charge on any atom is -0.507 e. The molecule has 1 heterocycles. The molecule has 1 aliphatic heterocycles. The number of amides is 2. The van der Waals surface area contributed by atoms with E-state index in [2.05, 4.69) is 0 Å². The largest absolute Gasteiger partial charge is 0.507 e. The number of piperazine rings is 1. The number of rotatable bonds is 2. The van der Waals surface area contributed by atoms with Crippen LogP contribution in [0.3, 0.4) is 0 Å². The van der Waals surface area contributed by atoms with E-state index < -0.39 is 0 Å². The van der Waals surface area contributed by atoms with Gasteiger partial charge >= 0.3 is 0 Å². The first-order valence-electron chi connectivity index (χ1n) is 8.09. The second-order valence-corrected chi connectivity index (χ2v) is 6.11. The maximum atomic E-state index is 13.0. The number of hydrogen-bond donors (Lipinski definition) is 1. The molecule has 1 saturated heterocycles. The highest BCUT2D eigenvalue weighted by Crippen LogP contribution is 2.21. The Balaban J connectivity index is 1.64. The summed E-state index contributed by atoms with van der Waals surface area (Å²) in [6.45, 7) is 3.41. The first-order valence-corrected chi connectivity index (χ1v) is 8.09. The van der Waals surface area contributed by atoms with Gasteiger partial charge in [0.2, 0.25) is 0 Å². The lowest BCUT2D eigenvalue weighted by Crippen LogP contribution is -2.50. The molecule has 2 amide bonds. The molecule has 3 rings (SSSR count). The van der Waals surface area contributed by atoms with Gasteiger partial charge in [0.25, 0.3) is 11.8 Å². The van der Waals surface area contributed by atoms with Crippen LogP contribution in [-0.2, 0) is 0 Å². The lowest BCUT2D eigenvalue weighted by molar-refractivity contribution is 0.0533. The Labute approximate surface area is 145 Å². The number of benzene rings is 2. The Kier molecular flexibility index (Phi) is 4.70. The first-order chi connectivity index (χ1) is 12.0. The molecule has 6 heteroatoms. The van der Waals surface area contributed by atoms with Crippen LogP contribution in [0.15, 0.2) is 42.5 Å². The maximum absolute atomic E-state index is 13.0. The SMILES string of the molecule is Cc1ccc(C(=O)N2CCN(C(=O)c3ccc(F)cc3)CC2)c(O)c1. The predicted octanol–water partition coefficient (Wildman–Crippen LogP) is 2.44. The van der Waals surface area contributed by atoms with Gasteiger partial charge in [-0.1, -0.05) is 6.07 Å². The van der Waals surface area contributed by atoms with Crippen molar-refractivity contribution in [3.05, 3.63) is 65.0 Å². The standard InChI is InChI=1S/C19H19FN2O3/c1-13-2-7-16(17(23)12-13)19(25)22-10-8-21(9-11-22)18(24)14-3-5-15(20)6-4-14/h2-7,12,23H,8-11H2,1H3. The quantitative estimate of drug-likeness (QED) is 0.912. The van der Waals surface area contributed by atoms with Crippen LogP contribution in [0.2, 0.25) is 0 Å². The minimum absolute atomic E-state index is 0.0326. The summed E-state index contributed by atoms with van der Waals surface area (Å²) in [6.07, 6.45) is 0. The molecule has 5 nitrogen and oxygen atoms in total. The monoisotopic (exact) mass is 342 g/mol. The van der Waals surface area contributed by atoms with E-state index in [0.29, 0.717) is 31.7 Å². The van der Waals surface area contributed by atoms with E-state index in [4.69, 9.17) is 0 Å². The zero-order valence-corrected chi connectivity index (χ0v) is 13.9. The van der Waals surface area contributed by atoms with Gasteiger partial charge in [0, 0.05) is 31.7 Å². The van der Waals surface area contributed by atoms with E-state index in [0.717, 1.165) is 5.56 Å². The van der Waals surface area contributed by atoms with E-state index in [1.54, 1.807) is 28.0 Å². The molecule has 0 spiro atoms. The van der Waals surface area contributed by atoms with E-state index >= 15 is 0 Å². The van der Waals surface area contributed by atoms with Gasteiger partial charge in [-0.15, -0.1) is 0 Å². The van der Waals surface area contributed by atoms with Crippen LogP contribution in [0, 0.1) is 12.7 Å². The van der Waals surface area contributed by atoms with Gasteiger partial charge < -0.3 is 14.9 Å². The third kappa shape index (κ3) is 3.63. The highest BCUT2D eigenvalue weighted by molar-refractivity contribution is 5.97. The number of aryl methyl sites for hydroxylation is 1. The number of phenolic OH excluding ortho intramolecular Hbond substituents is 1. The van der Waals surface area contributed by atoms with Crippen LogP contribution < -0.4 is 0 Å². The summed E-state index contributed by atoms with van der Waals surface area (Å²) in [6, 6.07) is 10.4. The summed E-state index contributed by atoms with van der Waals surface area (Å²) in [5, 5.41) is 9.96. The first kappa shape index (κ1) is 17.0. The van der Waals surface area contributed by atoms with Gasteiger partial charge in [-0.25, -0.2) is 4.39 Å². The zero-order valence-electron chi connectivity index (χ0n) is 13.9. The van der Waals surface area contributed by atoms with Crippen molar-refractivity contribution in [1.82, 2.24) is 9.80 Å². The molecule has 1 fully saturated rings. The lowest BCUT2D eigenvalue weighted by Gasteiger charge is -2.35. The van der Waals surface area contributed by atoms with Crippen LogP contribution in [-0.4, -0.2) is 52.9 Å². The van der Waals surface area contributed by atoms with Crippen LogP contribution in [0.4, 0.5) is 4.39 Å². The summed E-state index contributed by atoms with van der Waals surface area (Å²) in [7, 11) is 0. The molecule has 25 heavy (non-hydrogen) atoms. The molecule has 2 aromatic carbocycles. The van der Waals surface area contributed by atoms with Crippen molar-refractivity contribution in [2.75, 3.05) is 26.2 Å². The minimum atomic E-state index is -0.384. The van der Waals surface area contributed by atoms with Crippen molar-refractivity contribution >= 4 is 11.8 Å². The molecule has 2 aromatic rings. The highest BCUT2D eigenvalue weighted by atomic mass is 19.1. The second kappa shape index (κ2) is 6.93. The zero-order chi connectivity index (χ0) is 18.0. The van der Waals surface area contributed by atoms with Crippen LogP contribution in [0.25, 0.3) is 0 Å². The number of halogens is 1. The van der Waals surface area contributed by atoms with E-state index in [-0.39, 0.29) is 28.9 Å². The van der Waals surface area contributed by atoms with Gasteiger partial charge in [-0.3, -0.25) is 9.59 Å². The number of aromatic hydroxyl groups is 1. The van der Waals surface area contributed by atoms with E-state index in [1.807, 2.05) is 6.92 Å². The molecule has 0 radical (unpaired) electrons. The molecule has 1 aliphatic rings. The Morgan fingerprint density at radius 2 is 1.48 bits per heavy atom. The molecular weight excluding hydrogens is 323 g/mol. The highest BCUT2D eigenvalue weighted by Gasteiger charge is 2.26. The average molecular weight is 342 g/mol. The van der Waals surface area contributed by atoms with Gasteiger partial charge in [0.15, 0.2) is 0 Å². The molecular formula is C19H19FN2O3. The van der Waals surface area contributed by atoms with Crippen molar-refractivity contribution in [3.8, 4) is 5.75 Å². The average Bonchev–Trinajstić information content (AvgIpc) is 2.61. The van der Waals surface area contributed by atoms with Gasteiger partial charge in [0.05, 0.1) is 5.56 Å². The Morgan fingerprint density at radius 1 is 0.920 bits per heavy atom. The van der Waals surface area contributed by atoms with Crippen LogP contribution >= 0.6 is 0 Å². The third-order valence-corrected chi connectivity index (χ3v) is 4.33. The van der Waals surface area contributed by atoms with E-state index in [9.17, 15) is 19.1 Å². The molecule has 0 bridgehead atoms. The van der Waals surface area contributed by atoms with Crippen molar-refractivity contribution in [2.24, 2.45) is 0 Å². The molecule has 0 aliphatic carbocycles. The van der Waals surface area contributed by atoms with Crippen LogP contribution in [0.1, 0.15) is 26.3 Å². The normalized spacial score (nSPS) is 14.5. The second-order valence-electron chi connectivity index (χ2n) is 6.11. The smallest absolute Gasteiger partial charge is 0.257 e. The number of hydrogen-bond acceptors (Lipinski definition) is 3. The van der Waals surface area contributed by atoms with Gasteiger partial charge in [-0.2, -0.15) is 0 Å². The molecule has 0 saturated carbocycles. The number of carbonyl (C=O) groups excluding carboxylic acids is 2. The summed E-state index contributed by atoms with van der Waals surface area (Å²) < 4.78 is 13.0. The van der Waals surface area contributed by atoms with Crippen LogP contribution in [0.5, 0.6) is 5.75 Å². The lowest BCUT2D eigenvalue weighted by atomic mass is 10.1. The van der Waals surface area contributed by atoms with Crippen molar-refractivity contribution in [1.29, 1.82) is 0 Å². The van der Waals surface area contributed by atoms with Crippen molar-refractivity contribution < 1.29 is 19.1 Å². The summed E-state index contributed by atoms with van der Waals surface area (Å²) in [5.74, 6) is -0.837. The number of nitrogens with zero attached hydrogens (tertiary/aromatic N) is 2. The van der Waals surface area contributed by atoms with E-state index in [1.165, 1.54) is 24.3 Å². The Morgan fingerprint density at radius 3 is 2.04 bits per heavy atom. The van der Waals surface area contributed by atoms with Gasteiger partial charge in [0.1, 0.15) is 11.6 Å². The topological polar surface area (TPSA) is 60.9 Å². The fraction of sp³-hybridized carbons (Fsp3) is 0.263. The predicted molar refractivity (Wildman–Crippen MR) is 91.1 cm³/mol. The molecule has 130 valence electrons. The maximum Gasteiger partial charge on any atom is 0.257 e. The molecule has 1 N–H and O–H groups in total. The number of carbonyl (C=O) groups is 2. The summed E-state index contributed by atoms with van der Waals surface area (Å²) in [5.41, 5.74) is 1.57. The Bertz CT molecular complexity index is 797. The Hall–Kier alpha value is -2.89. The third-order valence-electron chi connectivity index (χ3n) is 4.33. The molecule has 0 aromatic heterocycles. The molecule has 0 atom stereocenters. The van der Waals surface area contributed by atoms with Gasteiger partial charge in [-0.05, 0) is 48.9 Å². The molecule has 0 unspecified atom stereocenters. The fourth-order valence-electron chi connectivity index (χ4n) is 2.88. The fourth-order valence-corrected chi connectivity index (χ4v) is 2.88. The number of phenols is 1. The van der Waals surface area contributed by atoms with Crippen molar-refractivity contribution in [2.45, 2.75) is 6.92 Å².